The number of benzene rings is 1. The van der Waals surface area contributed by atoms with Crippen molar-refractivity contribution in [1.29, 1.82) is 5.26 Å². The SMILES string of the molecule is CC1CN(c2ccc3nc(-c4cc(F)cc(C#N)c4)cc(=O)n3c2)CCN1. The zero-order valence-corrected chi connectivity index (χ0v) is 14.8. The van der Waals surface area contributed by atoms with Crippen molar-refractivity contribution < 1.29 is 4.39 Å². The molecule has 0 bridgehead atoms. The second kappa shape index (κ2) is 6.82. The Morgan fingerprint density at radius 3 is 2.93 bits per heavy atom. The number of piperazine rings is 1. The van der Waals surface area contributed by atoms with Crippen LogP contribution in [0.3, 0.4) is 0 Å². The van der Waals surface area contributed by atoms with E-state index in [1.165, 1.54) is 22.6 Å². The van der Waals surface area contributed by atoms with E-state index in [9.17, 15) is 9.18 Å². The Morgan fingerprint density at radius 2 is 2.15 bits per heavy atom. The number of nitrogens with zero attached hydrogens (tertiary/aromatic N) is 4. The van der Waals surface area contributed by atoms with E-state index in [4.69, 9.17) is 5.26 Å². The second-order valence-electron chi connectivity index (χ2n) is 6.74. The van der Waals surface area contributed by atoms with E-state index in [1.807, 2.05) is 12.1 Å². The highest BCUT2D eigenvalue weighted by Crippen LogP contribution is 2.21. The first-order valence-electron chi connectivity index (χ1n) is 8.76. The minimum atomic E-state index is -0.533. The second-order valence-corrected chi connectivity index (χ2v) is 6.74. The predicted octanol–water partition coefficient (Wildman–Crippen LogP) is 2.17. The number of rotatable bonds is 2. The average molecular weight is 363 g/mol. The number of hydrogen-bond acceptors (Lipinski definition) is 5. The molecule has 7 heteroatoms. The first-order chi connectivity index (χ1) is 13.0. The molecular weight excluding hydrogens is 345 g/mol. The van der Waals surface area contributed by atoms with Gasteiger partial charge in [0.05, 0.1) is 23.0 Å². The molecule has 1 fully saturated rings. The van der Waals surface area contributed by atoms with Gasteiger partial charge in [0, 0.05) is 43.5 Å². The summed E-state index contributed by atoms with van der Waals surface area (Å²) in [6.45, 7) is 4.76. The number of aromatic nitrogens is 2. The standard InChI is InChI=1S/C20H18FN5O/c1-13-11-25(5-4-23-13)17-2-3-19-24-18(9-20(27)26(19)12-17)15-6-14(10-22)7-16(21)8-15/h2-3,6-9,12-13,23H,4-5,11H2,1H3. The molecule has 3 heterocycles. The third-order valence-electron chi connectivity index (χ3n) is 4.70. The zero-order chi connectivity index (χ0) is 19.0. The fraction of sp³-hybridized carbons (Fsp3) is 0.250. The Hall–Kier alpha value is -3.24. The van der Waals surface area contributed by atoms with Crippen molar-refractivity contribution >= 4 is 11.3 Å². The molecule has 1 aromatic carbocycles. The topological polar surface area (TPSA) is 73.4 Å². The van der Waals surface area contributed by atoms with Crippen LogP contribution >= 0.6 is 0 Å². The molecule has 3 aromatic rings. The van der Waals surface area contributed by atoms with Crippen molar-refractivity contribution in [3.05, 3.63) is 64.3 Å². The molecule has 1 unspecified atom stereocenters. The van der Waals surface area contributed by atoms with Crippen LogP contribution in [-0.4, -0.2) is 35.1 Å². The van der Waals surface area contributed by atoms with Crippen molar-refractivity contribution in [3.63, 3.8) is 0 Å². The lowest BCUT2D eigenvalue weighted by Gasteiger charge is -2.33. The lowest BCUT2D eigenvalue weighted by molar-refractivity contribution is 0.484. The van der Waals surface area contributed by atoms with Gasteiger partial charge in [-0.3, -0.25) is 9.20 Å². The summed E-state index contributed by atoms with van der Waals surface area (Å²) in [6, 6.07) is 11.3. The largest absolute Gasteiger partial charge is 0.368 e. The molecule has 27 heavy (non-hydrogen) atoms. The van der Waals surface area contributed by atoms with Crippen LogP contribution in [0.2, 0.25) is 0 Å². The third kappa shape index (κ3) is 3.39. The van der Waals surface area contributed by atoms with Crippen LogP contribution < -0.4 is 15.8 Å². The van der Waals surface area contributed by atoms with Gasteiger partial charge >= 0.3 is 0 Å². The molecule has 136 valence electrons. The van der Waals surface area contributed by atoms with E-state index < -0.39 is 5.82 Å². The molecule has 0 amide bonds. The maximum atomic E-state index is 13.7. The monoisotopic (exact) mass is 363 g/mol. The number of nitrogens with one attached hydrogen (secondary N) is 1. The van der Waals surface area contributed by atoms with Crippen LogP contribution in [0.25, 0.3) is 16.9 Å². The van der Waals surface area contributed by atoms with Crippen molar-refractivity contribution in [1.82, 2.24) is 14.7 Å². The fourth-order valence-corrected chi connectivity index (χ4v) is 3.40. The van der Waals surface area contributed by atoms with Crippen molar-refractivity contribution in [3.8, 4) is 17.3 Å². The maximum Gasteiger partial charge on any atom is 0.258 e. The summed E-state index contributed by atoms with van der Waals surface area (Å²) in [4.78, 5) is 19.4. The Kier molecular flexibility index (Phi) is 4.34. The van der Waals surface area contributed by atoms with Crippen LogP contribution in [0.4, 0.5) is 10.1 Å². The Morgan fingerprint density at radius 1 is 1.30 bits per heavy atom. The first kappa shape index (κ1) is 17.2. The average Bonchev–Trinajstić information content (AvgIpc) is 2.67. The van der Waals surface area contributed by atoms with Crippen molar-refractivity contribution in [2.24, 2.45) is 0 Å². The summed E-state index contributed by atoms with van der Waals surface area (Å²) in [5, 5.41) is 12.4. The lowest BCUT2D eigenvalue weighted by atomic mass is 10.1. The summed E-state index contributed by atoms with van der Waals surface area (Å²) in [5.74, 6) is -0.533. The number of anilines is 1. The predicted molar refractivity (Wildman–Crippen MR) is 101 cm³/mol. The Bertz CT molecular complexity index is 1120. The summed E-state index contributed by atoms with van der Waals surface area (Å²) in [7, 11) is 0. The smallest absolute Gasteiger partial charge is 0.258 e. The molecule has 0 aliphatic carbocycles. The third-order valence-corrected chi connectivity index (χ3v) is 4.70. The van der Waals surface area contributed by atoms with Crippen LogP contribution in [0.1, 0.15) is 12.5 Å². The van der Waals surface area contributed by atoms with Crippen LogP contribution in [0, 0.1) is 17.1 Å². The quantitative estimate of drug-likeness (QED) is 0.755. The number of halogens is 1. The highest BCUT2D eigenvalue weighted by Gasteiger charge is 2.17. The van der Waals surface area contributed by atoms with Gasteiger partial charge in [-0.05, 0) is 37.3 Å². The molecule has 1 N–H and O–H groups in total. The van der Waals surface area contributed by atoms with E-state index in [2.05, 4.69) is 22.1 Å². The minimum Gasteiger partial charge on any atom is -0.368 e. The van der Waals surface area contributed by atoms with E-state index in [0.717, 1.165) is 31.4 Å². The summed E-state index contributed by atoms with van der Waals surface area (Å²) >= 11 is 0. The van der Waals surface area contributed by atoms with Crippen LogP contribution in [-0.2, 0) is 0 Å². The highest BCUT2D eigenvalue weighted by molar-refractivity contribution is 5.64. The highest BCUT2D eigenvalue weighted by atomic mass is 19.1. The molecule has 1 aliphatic heterocycles. The number of pyridine rings is 1. The van der Waals surface area contributed by atoms with Crippen LogP contribution in [0.15, 0.2) is 47.4 Å². The number of hydrogen-bond donors (Lipinski definition) is 1. The fourth-order valence-electron chi connectivity index (χ4n) is 3.40. The van der Waals surface area contributed by atoms with Gasteiger partial charge in [-0.25, -0.2) is 9.37 Å². The molecular formula is C20H18FN5O. The van der Waals surface area contributed by atoms with Gasteiger partial charge in [0.15, 0.2) is 0 Å². The lowest BCUT2D eigenvalue weighted by Crippen LogP contribution is -2.49. The molecule has 1 saturated heterocycles. The Balaban J connectivity index is 1.77. The molecule has 1 atom stereocenters. The molecule has 4 rings (SSSR count). The van der Waals surface area contributed by atoms with Gasteiger partial charge in [-0.15, -0.1) is 0 Å². The maximum absolute atomic E-state index is 13.7. The van der Waals surface area contributed by atoms with Gasteiger partial charge in [0.2, 0.25) is 0 Å². The van der Waals surface area contributed by atoms with Crippen LogP contribution in [0.5, 0.6) is 0 Å². The van der Waals surface area contributed by atoms with E-state index in [-0.39, 0.29) is 11.1 Å². The van der Waals surface area contributed by atoms with E-state index >= 15 is 0 Å². The molecule has 0 saturated carbocycles. The first-order valence-corrected chi connectivity index (χ1v) is 8.76. The van der Waals surface area contributed by atoms with E-state index in [1.54, 1.807) is 12.3 Å². The Labute approximate surface area is 155 Å². The summed E-state index contributed by atoms with van der Waals surface area (Å²) in [6.07, 6.45) is 1.79. The van der Waals surface area contributed by atoms with Gasteiger partial charge in [0.1, 0.15) is 11.5 Å². The number of nitriles is 1. The van der Waals surface area contributed by atoms with Crippen molar-refractivity contribution in [2.75, 3.05) is 24.5 Å². The molecule has 0 radical (unpaired) electrons. The molecule has 0 spiro atoms. The molecule has 2 aromatic heterocycles. The minimum absolute atomic E-state index is 0.190. The number of fused-ring (bicyclic) bond motifs is 1. The summed E-state index contributed by atoms with van der Waals surface area (Å²) < 4.78 is 15.2. The van der Waals surface area contributed by atoms with Gasteiger partial charge in [0.25, 0.3) is 5.56 Å². The van der Waals surface area contributed by atoms with E-state index in [0.29, 0.717) is 22.9 Å². The van der Waals surface area contributed by atoms with Gasteiger partial charge in [-0.1, -0.05) is 0 Å². The van der Waals surface area contributed by atoms with Gasteiger partial charge < -0.3 is 10.2 Å². The summed E-state index contributed by atoms with van der Waals surface area (Å²) in [5.41, 5.74) is 2.14. The zero-order valence-electron chi connectivity index (χ0n) is 14.8. The molecule has 1 aliphatic rings. The van der Waals surface area contributed by atoms with Crippen molar-refractivity contribution in [2.45, 2.75) is 13.0 Å². The normalized spacial score (nSPS) is 17.1. The van der Waals surface area contributed by atoms with Gasteiger partial charge in [-0.2, -0.15) is 5.26 Å². The molecule has 6 nitrogen and oxygen atoms in total.